The average molecular weight is 245 g/mol. The molecule has 4 heteroatoms. The van der Waals surface area contributed by atoms with E-state index < -0.39 is 0 Å². The molecular weight excluding hydrogens is 226 g/mol. The molecule has 0 amide bonds. The topological polar surface area (TPSA) is 39.1 Å². The smallest absolute Gasteiger partial charge is 0.146 e. The van der Waals surface area contributed by atoms with E-state index in [4.69, 9.17) is 4.74 Å². The Bertz CT molecular complexity index is 493. The van der Waals surface area contributed by atoms with Gasteiger partial charge in [0, 0.05) is 26.0 Å². The highest BCUT2D eigenvalue weighted by Crippen LogP contribution is 2.14. The van der Waals surface area contributed by atoms with E-state index in [1.807, 2.05) is 29.9 Å². The number of nitrogens with one attached hydrogen (secondary N) is 1. The molecule has 0 spiro atoms. The lowest BCUT2D eigenvalue weighted by Crippen LogP contribution is -2.11. The van der Waals surface area contributed by atoms with Crippen molar-refractivity contribution in [3.05, 3.63) is 48.0 Å². The summed E-state index contributed by atoms with van der Waals surface area (Å²) in [5.41, 5.74) is 1.23. The second-order valence-corrected chi connectivity index (χ2v) is 4.17. The summed E-state index contributed by atoms with van der Waals surface area (Å²) >= 11 is 0. The molecule has 96 valence electrons. The van der Waals surface area contributed by atoms with Crippen LogP contribution in [0.15, 0.2) is 36.7 Å². The molecule has 0 unspecified atom stereocenters. The number of hydrogen-bond donors (Lipinski definition) is 1. The molecule has 0 radical (unpaired) electrons. The highest BCUT2D eigenvalue weighted by Gasteiger charge is 2.01. The fourth-order valence-electron chi connectivity index (χ4n) is 1.70. The Balaban J connectivity index is 1.95. The first-order chi connectivity index (χ1) is 8.79. The SMILES string of the molecule is CCNCc1cccc(OCc2nccn2C)c1. The lowest BCUT2D eigenvalue weighted by atomic mass is 10.2. The summed E-state index contributed by atoms with van der Waals surface area (Å²) in [6.07, 6.45) is 3.70. The number of benzene rings is 1. The van der Waals surface area contributed by atoms with Gasteiger partial charge in [0.05, 0.1) is 0 Å². The van der Waals surface area contributed by atoms with Gasteiger partial charge in [0.2, 0.25) is 0 Å². The van der Waals surface area contributed by atoms with E-state index in [-0.39, 0.29) is 0 Å². The van der Waals surface area contributed by atoms with E-state index in [0.717, 1.165) is 24.7 Å². The third-order valence-electron chi connectivity index (χ3n) is 2.77. The Morgan fingerprint density at radius 1 is 1.39 bits per heavy atom. The number of rotatable bonds is 6. The van der Waals surface area contributed by atoms with Crippen LogP contribution in [0, 0.1) is 0 Å². The molecule has 4 nitrogen and oxygen atoms in total. The summed E-state index contributed by atoms with van der Waals surface area (Å²) in [7, 11) is 1.97. The Morgan fingerprint density at radius 3 is 3.00 bits per heavy atom. The number of ether oxygens (including phenoxy) is 1. The van der Waals surface area contributed by atoms with Crippen LogP contribution in [0.3, 0.4) is 0 Å². The van der Waals surface area contributed by atoms with E-state index in [0.29, 0.717) is 6.61 Å². The number of imidazole rings is 1. The first-order valence-corrected chi connectivity index (χ1v) is 6.18. The van der Waals surface area contributed by atoms with Crippen LogP contribution in [-0.4, -0.2) is 16.1 Å². The van der Waals surface area contributed by atoms with Crippen molar-refractivity contribution in [2.45, 2.75) is 20.1 Å². The first kappa shape index (κ1) is 12.6. The maximum Gasteiger partial charge on any atom is 0.146 e. The van der Waals surface area contributed by atoms with Crippen molar-refractivity contribution in [3.8, 4) is 5.75 Å². The molecule has 0 saturated heterocycles. The summed E-state index contributed by atoms with van der Waals surface area (Å²) in [4.78, 5) is 4.23. The predicted molar refractivity (Wildman–Crippen MR) is 71.4 cm³/mol. The third kappa shape index (κ3) is 3.34. The van der Waals surface area contributed by atoms with Crippen LogP contribution in [0.25, 0.3) is 0 Å². The van der Waals surface area contributed by atoms with Crippen LogP contribution in [0.2, 0.25) is 0 Å². The molecule has 1 heterocycles. The Hall–Kier alpha value is -1.81. The van der Waals surface area contributed by atoms with Crippen molar-refractivity contribution in [1.29, 1.82) is 0 Å². The molecule has 0 fully saturated rings. The molecule has 18 heavy (non-hydrogen) atoms. The number of hydrogen-bond acceptors (Lipinski definition) is 3. The quantitative estimate of drug-likeness (QED) is 0.847. The summed E-state index contributed by atoms with van der Waals surface area (Å²) in [5.74, 6) is 1.81. The molecule has 0 aliphatic heterocycles. The Labute approximate surface area is 108 Å². The molecule has 0 saturated carbocycles. The lowest BCUT2D eigenvalue weighted by molar-refractivity contribution is 0.291. The fourth-order valence-corrected chi connectivity index (χ4v) is 1.70. The summed E-state index contributed by atoms with van der Waals surface area (Å²) in [6.45, 7) is 4.43. The minimum atomic E-state index is 0.494. The molecule has 1 aromatic heterocycles. The zero-order chi connectivity index (χ0) is 12.8. The van der Waals surface area contributed by atoms with Crippen molar-refractivity contribution in [1.82, 2.24) is 14.9 Å². The number of aromatic nitrogens is 2. The van der Waals surface area contributed by atoms with Gasteiger partial charge in [-0.15, -0.1) is 0 Å². The molecule has 1 aromatic carbocycles. The first-order valence-electron chi connectivity index (χ1n) is 6.18. The molecule has 2 aromatic rings. The van der Waals surface area contributed by atoms with E-state index in [9.17, 15) is 0 Å². The second kappa shape index (κ2) is 6.21. The van der Waals surface area contributed by atoms with Crippen LogP contribution < -0.4 is 10.1 Å². The second-order valence-electron chi connectivity index (χ2n) is 4.17. The highest BCUT2D eigenvalue weighted by atomic mass is 16.5. The molecule has 0 aliphatic carbocycles. The zero-order valence-electron chi connectivity index (χ0n) is 10.9. The Morgan fingerprint density at radius 2 is 2.28 bits per heavy atom. The number of aryl methyl sites for hydroxylation is 1. The highest BCUT2D eigenvalue weighted by molar-refractivity contribution is 5.28. The van der Waals surface area contributed by atoms with Crippen LogP contribution >= 0.6 is 0 Å². The molecule has 2 rings (SSSR count). The molecular formula is C14H19N3O. The van der Waals surface area contributed by atoms with Crippen molar-refractivity contribution in [3.63, 3.8) is 0 Å². The van der Waals surface area contributed by atoms with Gasteiger partial charge in [-0.1, -0.05) is 19.1 Å². The van der Waals surface area contributed by atoms with Crippen molar-refractivity contribution < 1.29 is 4.74 Å². The van der Waals surface area contributed by atoms with Gasteiger partial charge in [0.1, 0.15) is 18.2 Å². The van der Waals surface area contributed by atoms with Crippen molar-refractivity contribution >= 4 is 0 Å². The monoisotopic (exact) mass is 245 g/mol. The summed E-state index contributed by atoms with van der Waals surface area (Å²) < 4.78 is 7.70. The van der Waals surface area contributed by atoms with Gasteiger partial charge in [-0.3, -0.25) is 0 Å². The maximum atomic E-state index is 5.74. The zero-order valence-corrected chi connectivity index (χ0v) is 10.9. The minimum absolute atomic E-state index is 0.494. The fraction of sp³-hybridized carbons (Fsp3) is 0.357. The van der Waals surface area contributed by atoms with Gasteiger partial charge in [-0.05, 0) is 24.2 Å². The van der Waals surface area contributed by atoms with Crippen molar-refractivity contribution in [2.75, 3.05) is 6.54 Å². The van der Waals surface area contributed by atoms with Gasteiger partial charge in [-0.2, -0.15) is 0 Å². The molecule has 0 aliphatic rings. The van der Waals surface area contributed by atoms with E-state index in [2.05, 4.69) is 29.4 Å². The van der Waals surface area contributed by atoms with Gasteiger partial charge in [-0.25, -0.2) is 4.98 Å². The van der Waals surface area contributed by atoms with Gasteiger partial charge in [0.15, 0.2) is 0 Å². The lowest BCUT2D eigenvalue weighted by Gasteiger charge is -2.08. The predicted octanol–water partition coefficient (Wildman–Crippen LogP) is 2.11. The van der Waals surface area contributed by atoms with E-state index in [1.165, 1.54) is 5.56 Å². The van der Waals surface area contributed by atoms with Gasteiger partial charge in [0.25, 0.3) is 0 Å². The maximum absolute atomic E-state index is 5.74. The standard InChI is InChI=1S/C14H19N3O/c1-3-15-10-12-5-4-6-13(9-12)18-11-14-16-7-8-17(14)2/h4-9,15H,3,10-11H2,1-2H3. The summed E-state index contributed by atoms with van der Waals surface area (Å²) in [6, 6.07) is 8.14. The van der Waals surface area contributed by atoms with Crippen molar-refractivity contribution in [2.24, 2.45) is 7.05 Å². The molecule has 1 N–H and O–H groups in total. The van der Waals surface area contributed by atoms with Gasteiger partial charge < -0.3 is 14.6 Å². The summed E-state index contributed by atoms with van der Waals surface area (Å²) in [5, 5.41) is 3.30. The largest absolute Gasteiger partial charge is 0.486 e. The van der Waals surface area contributed by atoms with Crippen LogP contribution in [0.5, 0.6) is 5.75 Å². The van der Waals surface area contributed by atoms with E-state index >= 15 is 0 Å². The van der Waals surface area contributed by atoms with Crippen LogP contribution in [-0.2, 0) is 20.2 Å². The average Bonchev–Trinajstić information content (AvgIpc) is 2.80. The van der Waals surface area contributed by atoms with Crippen LogP contribution in [0.1, 0.15) is 18.3 Å². The van der Waals surface area contributed by atoms with Crippen LogP contribution in [0.4, 0.5) is 0 Å². The Kier molecular flexibility index (Phi) is 4.36. The third-order valence-corrected chi connectivity index (χ3v) is 2.77. The normalized spacial score (nSPS) is 10.6. The number of nitrogens with zero attached hydrogens (tertiary/aromatic N) is 2. The van der Waals surface area contributed by atoms with E-state index in [1.54, 1.807) is 6.20 Å². The molecule has 0 atom stereocenters. The molecule has 0 bridgehead atoms. The van der Waals surface area contributed by atoms with Gasteiger partial charge >= 0.3 is 0 Å². The minimum Gasteiger partial charge on any atom is -0.486 e.